The molecule has 0 spiro atoms. The average Bonchev–Trinajstić information content (AvgIpc) is 2.75. The predicted octanol–water partition coefficient (Wildman–Crippen LogP) is 0.992. The van der Waals surface area contributed by atoms with Crippen LogP contribution in [0.5, 0.6) is 5.75 Å². The fourth-order valence-electron chi connectivity index (χ4n) is 3.48. The van der Waals surface area contributed by atoms with Crippen LogP contribution >= 0.6 is 0 Å². The van der Waals surface area contributed by atoms with E-state index >= 15 is 0 Å². The van der Waals surface area contributed by atoms with Crippen molar-refractivity contribution < 1.29 is 9.90 Å². The first kappa shape index (κ1) is 18.8. The van der Waals surface area contributed by atoms with Gasteiger partial charge in [0.2, 0.25) is 5.91 Å². The van der Waals surface area contributed by atoms with E-state index in [0.29, 0.717) is 36.5 Å². The number of aromatic nitrogens is 3. The van der Waals surface area contributed by atoms with Crippen molar-refractivity contribution in [3.8, 4) is 17.1 Å². The first-order chi connectivity index (χ1) is 14.0. The molecule has 0 aliphatic carbocycles. The van der Waals surface area contributed by atoms with Gasteiger partial charge in [0, 0.05) is 30.1 Å². The van der Waals surface area contributed by atoms with Crippen LogP contribution in [0.1, 0.15) is 16.8 Å². The fraction of sp³-hybridized carbons (Fsp3) is 0.238. The first-order valence-electron chi connectivity index (χ1n) is 9.36. The number of nitrogens with zero attached hydrogens (tertiary/aromatic N) is 3. The van der Waals surface area contributed by atoms with Gasteiger partial charge in [0.25, 0.3) is 5.56 Å². The number of hydrogen-bond acceptors (Lipinski definition) is 6. The van der Waals surface area contributed by atoms with E-state index in [1.165, 1.54) is 0 Å². The third kappa shape index (κ3) is 4.02. The van der Waals surface area contributed by atoms with Crippen LogP contribution in [0.3, 0.4) is 0 Å². The van der Waals surface area contributed by atoms with Crippen molar-refractivity contribution in [3.63, 3.8) is 0 Å². The summed E-state index contributed by atoms with van der Waals surface area (Å²) in [7, 11) is 0. The van der Waals surface area contributed by atoms with Gasteiger partial charge in [0.1, 0.15) is 11.6 Å². The van der Waals surface area contributed by atoms with Gasteiger partial charge in [0.15, 0.2) is 0 Å². The van der Waals surface area contributed by atoms with Gasteiger partial charge in [-0.05, 0) is 42.7 Å². The maximum Gasteiger partial charge on any atom is 0.254 e. The molecule has 1 atom stereocenters. The minimum absolute atomic E-state index is 0.169. The van der Waals surface area contributed by atoms with Gasteiger partial charge in [0.05, 0.1) is 18.3 Å². The molecule has 4 N–H and O–H groups in total. The smallest absolute Gasteiger partial charge is 0.254 e. The van der Waals surface area contributed by atoms with Crippen molar-refractivity contribution in [1.82, 2.24) is 19.9 Å². The molecule has 2 aromatic heterocycles. The topological polar surface area (TPSA) is 125 Å². The third-order valence-corrected chi connectivity index (χ3v) is 5.05. The van der Waals surface area contributed by atoms with Crippen LogP contribution in [0.2, 0.25) is 0 Å². The fourth-order valence-corrected chi connectivity index (χ4v) is 3.48. The van der Waals surface area contributed by atoms with Crippen LogP contribution in [0.15, 0.2) is 53.6 Å². The molecule has 1 aromatic carbocycles. The van der Waals surface area contributed by atoms with E-state index in [0.717, 1.165) is 11.1 Å². The van der Waals surface area contributed by atoms with Crippen molar-refractivity contribution in [3.05, 3.63) is 76.0 Å². The molecule has 0 radical (unpaired) electrons. The summed E-state index contributed by atoms with van der Waals surface area (Å²) in [5.74, 6) is 0.442. The second kappa shape index (κ2) is 7.84. The number of aromatic amines is 1. The Morgan fingerprint density at radius 1 is 1.21 bits per heavy atom. The van der Waals surface area contributed by atoms with Crippen LogP contribution in [-0.4, -0.2) is 43.5 Å². The number of benzene rings is 1. The number of aromatic hydroxyl groups is 1. The summed E-state index contributed by atoms with van der Waals surface area (Å²) < 4.78 is 0. The lowest BCUT2D eigenvalue weighted by molar-refractivity contribution is -0.133. The number of carbonyl (C=O) groups excluding carboxylic acids is 1. The summed E-state index contributed by atoms with van der Waals surface area (Å²) in [5.41, 5.74) is 8.79. The van der Waals surface area contributed by atoms with Gasteiger partial charge < -0.3 is 20.7 Å². The number of carbonyl (C=O) groups is 1. The highest BCUT2D eigenvalue weighted by atomic mass is 16.3. The summed E-state index contributed by atoms with van der Waals surface area (Å²) in [6, 6.07) is 9.46. The normalized spacial score (nSPS) is 14.3. The van der Waals surface area contributed by atoms with Crippen LogP contribution in [0.4, 0.5) is 0 Å². The van der Waals surface area contributed by atoms with Gasteiger partial charge in [-0.2, -0.15) is 0 Å². The Morgan fingerprint density at radius 2 is 1.93 bits per heavy atom. The standard InChI is InChI=1S/C21H21N5O3/c22-17(11-13-1-3-15(27)4-2-13)21(29)26-10-7-16-18(12-26)24-19(25-20(16)28)14-5-8-23-9-6-14/h1-6,8-9,17,27H,7,10-12,22H2,(H,24,25,28)/t17-/m0/s1. The third-order valence-electron chi connectivity index (χ3n) is 5.05. The monoisotopic (exact) mass is 391 g/mol. The molecule has 8 nitrogen and oxygen atoms in total. The molecule has 0 bridgehead atoms. The Labute approximate surface area is 167 Å². The van der Waals surface area contributed by atoms with E-state index in [1.807, 2.05) is 0 Å². The van der Waals surface area contributed by atoms with E-state index in [2.05, 4.69) is 15.0 Å². The van der Waals surface area contributed by atoms with Crippen molar-refractivity contribution >= 4 is 5.91 Å². The number of rotatable bonds is 4. The van der Waals surface area contributed by atoms with Gasteiger partial charge in [-0.1, -0.05) is 12.1 Å². The SMILES string of the molecule is N[C@@H](Cc1ccc(O)cc1)C(=O)N1CCc2c(nc(-c3ccncc3)[nH]c2=O)C1. The number of phenols is 1. The highest BCUT2D eigenvalue weighted by Gasteiger charge is 2.27. The largest absolute Gasteiger partial charge is 0.508 e. The summed E-state index contributed by atoms with van der Waals surface area (Å²) in [6.45, 7) is 0.675. The number of amides is 1. The van der Waals surface area contributed by atoms with Crippen molar-refractivity contribution in [2.75, 3.05) is 6.54 Å². The summed E-state index contributed by atoms with van der Waals surface area (Å²) in [6.07, 6.45) is 4.07. The number of fused-ring (bicyclic) bond motifs is 1. The zero-order valence-corrected chi connectivity index (χ0v) is 15.7. The maximum atomic E-state index is 12.8. The Balaban J connectivity index is 1.52. The van der Waals surface area contributed by atoms with Crippen molar-refractivity contribution in [1.29, 1.82) is 0 Å². The molecule has 1 aliphatic heterocycles. The van der Waals surface area contributed by atoms with Crippen molar-refractivity contribution in [2.24, 2.45) is 5.73 Å². The highest BCUT2D eigenvalue weighted by Crippen LogP contribution is 2.19. The van der Waals surface area contributed by atoms with E-state index in [4.69, 9.17) is 5.73 Å². The van der Waals surface area contributed by atoms with E-state index in [1.54, 1.807) is 53.7 Å². The molecule has 1 amide bonds. The Bertz CT molecular complexity index is 1080. The minimum Gasteiger partial charge on any atom is -0.508 e. The van der Waals surface area contributed by atoms with Gasteiger partial charge in [-0.3, -0.25) is 14.6 Å². The van der Waals surface area contributed by atoms with Gasteiger partial charge in [-0.25, -0.2) is 4.98 Å². The maximum absolute atomic E-state index is 12.8. The Morgan fingerprint density at radius 3 is 2.66 bits per heavy atom. The molecule has 1 aliphatic rings. The lowest BCUT2D eigenvalue weighted by Gasteiger charge is -2.30. The number of H-pyrrole nitrogens is 1. The summed E-state index contributed by atoms with van der Waals surface area (Å²) >= 11 is 0. The van der Waals surface area contributed by atoms with E-state index in [9.17, 15) is 14.7 Å². The van der Waals surface area contributed by atoms with Crippen LogP contribution in [0.25, 0.3) is 11.4 Å². The van der Waals surface area contributed by atoms with Crippen LogP contribution in [-0.2, 0) is 24.2 Å². The molecule has 3 heterocycles. The van der Waals surface area contributed by atoms with Crippen molar-refractivity contribution in [2.45, 2.75) is 25.4 Å². The zero-order valence-electron chi connectivity index (χ0n) is 15.7. The second-order valence-electron chi connectivity index (χ2n) is 7.06. The molecule has 4 rings (SSSR count). The van der Waals surface area contributed by atoms with Gasteiger partial charge in [-0.15, -0.1) is 0 Å². The Kier molecular flexibility index (Phi) is 5.09. The number of nitrogens with one attached hydrogen (secondary N) is 1. The number of nitrogens with two attached hydrogens (primary N) is 1. The number of pyridine rings is 1. The summed E-state index contributed by atoms with van der Waals surface area (Å²) in [5, 5.41) is 9.38. The lowest BCUT2D eigenvalue weighted by atomic mass is 10.0. The van der Waals surface area contributed by atoms with Crippen LogP contribution < -0.4 is 11.3 Å². The Hall–Kier alpha value is -3.52. The predicted molar refractivity (Wildman–Crippen MR) is 107 cm³/mol. The van der Waals surface area contributed by atoms with E-state index in [-0.39, 0.29) is 23.8 Å². The highest BCUT2D eigenvalue weighted by molar-refractivity contribution is 5.82. The number of phenolic OH excluding ortho intramolecular Hbond substituents is 1. The molecule has 0 saturated carbocycles. The molecule has 0 fully saturated rings. The molecular formula is C21H21N5O3. The molecule has 3 aromatic rings. The van der Waals surface area contributed by atoms with Crippen LogP contribution in [0, 0.1) is 0 Å². The van der Waals surface area contributed by atoms with Gasteiger partial charge >= 0.3 is 0 Å². The lowest BCUT2D eigenvalue weighted by Crippen LogP contribution is -2.47. The zero-order chi connectivity index (χ0) is 20.4. The molecular weight excluding hydrogens is 370 g/mol. The van der Waals surface area contributed by atoms with E-state index < -0.39 is 6.04 Å². The number of hydrogen-bond donors (Lipinski definition) is 3. The average molecular weight is 391 g/mol. The second-order valence-corrected chi connectivity index (χ2v) is 7.06. The molecule has 29 heavy (non-hydrogen) atoms. The molecule has 148 valence electrons. The quantitative estimate of drug-likeness (QED) is 0.609. The molecule has 0 saturated heterocycles. The summed E-state index contributed by atoms with van der Waals surface area (Å²) in [4.78, 5) is 38.3. The molecule has 8 heteroatoms. The molecule has 0 unspecified atom stereocenters. The minimum atomic E-state index is -0.706. The first-order valence-corrected chi connectivity index (χ1v) is 9.36.